The molecule has 0 aromatic heterocycles. The van der Waals surface area contributed by atoms with Gasteiger partial charge < -0.3 is 5.11 Å². The van der Waals surface area contributed by atoms with Crippen molar-refractivity contribution in [3.05, 3.63) is 41.6 Å². The molecule has 0 aliphatic heterocycles. The van der Waals surface area contributed by atoms with E-state index in [0.717, 1.165) is 22.2 Å². The zero-order valence-electron chi connectivity index (χ0n) is 6.62. The largest absolute Gasteiger partial charge is 0.508 e. The summed E-state index contributed by atoms with van der Waals surface area (Å²) in [5.74, 6) is 0.396. The Kier molecular flexibility index (Phi) is 2.92. The fraction of sp³-hybridized carbons (Fsp3) is 0.111. The Morgan fingerprint density at radius 3 is 2.73 bits per heavy atom. The van der Waals surface area contributed by atoms with Gasteiger partial charge in [0.15, 0.2) is 0 Å². The molecule has 58 valence electrons. The topological polar surface area (TPSA) is 20.2 Å². The third-order valence-corrected chi connectivity index (χ3v) is 2.04. The van der Waals surface area contributed by atoms with Crippen LogP contribution in [0.4, 0.5) is 0 Å². The number of rotatable bonds is 2. The summed E-state index contributed by atoms with van der Waals surface area (Å²) in [5.41, 5.74) is 3.12. The van der Waals surface area contributed by atoms with Crippen LogP contribution >= 0.6 is 0 Å². The molecule has 1 N–H and O–H groups in total. The Bertz CT molecular complexity index is 255. The van der Waals surface area contributed by atoms with E-state index in [1.807, 2.05) is 18.2 Å². The first-order valence-corrected chi connectivity index (χ1v) is 4.88. The summed E-state index contributed by atoms with van der Waals surface area (Å²) >= 11 is 0. The number of phenols is 1. The van der Waals surface area contributed by atoms with E-state index in [1.54, 1.807) is 6.07 Å². The maximum atomic E-state index is 9.31. The SMILES string of the molecule is Oc1ccccc1CC=C[SiH3]. The standard InChI is InChI=1S/C9H12OSi/c10-9-6-2-1-4-8(9)5-3-7-11/h1-4,6-7,10H,5H2,11H3. The maximum Gasteiger partial charge on any atom is 0.119 e. The molecule has 0 unspecified atom stereocenters. The number of hydrogen-bond donors (Lipinski definition) is 1. The second-order valence-electron chi connectivity index (χ2n) is 2.40. The summed E-state index contributed by atoms with van der Waals surface area (Å²) in [4.78, 5) is 0. The number of aromatic hydroxyl groups is 1. The van der Waals surface area contributed by atoms with Crippen molar-refractivity contribution in [3.8, 4) is 5.75 Å². The van der Waals surface area contributed by atoms with E-state index in [2.05, 4.69) is 11.8 Å². The van der Waals surface area contributed by atoms with Crippen LogP contribution in [0.1, 0.15) is 5.56 Å². The number of allylic oxidation sites excluding steroid dienone is 1. The lowest BCUT2D eigenvalue weighted by atomic mass is 10.1. The molecular weight excluding hydrogens is 152 g/mol. The quantitative estimate of drug-likeness (QED) is 0.641. The minimum Gasteiger partial charge on any atom is -0.508 e. The second-order valence-corrected chi connectivity index (χ2v) is 3.07. The van der Waals surface area contributed by atoms with Gasteiger partial charge in [0.25, 0.3) is 0 Å². The average Bonchev–Trinajstić information content (AvgIpc) is 2.03. The van der Waals surface area contributed by atoms with Crippen LogP contribution in [-0.4, -0.2) is 15.3 Å². The van der Waals surface area contributed by atoms with E-state index < -0.39 is 0 Å². The Morgan fingerprint density at radius 1 is 1.36 bits per heavy atom. The molecule has 0 spiro atoms. The molecule has 0 aliphatic rings. The molecule has 0 bridgehead atoms. The predicted octanol–water partition coefficient (Wildman–Crippen LogP) is 0.814. The molecular formula is C9H12OSi. The highest BCUT2D eigenvalue weighted by Crippen LogP contribution is 2.15. The monoisotopic (exact) mass is 164 g/mol. The zero-order chi connectivity index (χ0) is 8.10. The summed E-state index contributed by atoms with van der Waals surface area (Å²) in [6, 6.07) is 7.44. The zero-order valence-corrected chi connectivity index (χ0v) is 8.62. The van der Waals surface area contributed by atoms with E-state index in [-0.39, 0.29) is 0 Å². The van der Waals surface area contributed by atoms with Crippen LogP contribution in [0, 0.1) is 0 Å². The highest BCUT2D eigenvalue weighted by molar-refractivity contribution is 6.16. The molecule has 1 rings (SSSR count). The molecule has 0 saturated heterocycles. The van der Waals surface area contributed by atoms with Gasteiger partial charge in [0, 0.05) is 10.2 Å². The van der Waals surface area contributed by atoms with Crippen LogP contribution in [-0.2, 0) is 6.42 Å². The van der Waals surface area contributed by atoms with Gasteiger partial charge in [-0.2, -0.15) is 0 Å². The van der Waals surface area contributed by atoms with E-state index in [4.69, 9.17) is 0 Å². The van der Waals surface area contributed by atoms with E-state index in [9.17, 15) is 5.11 Å². The van der Waals surface area contributed by atoms with Crippen molar-refractivity contribution in [2.24, 2.45) is 0 Å². The minimum atomic E-state index is 0.396. The molecule has 0 heterocycles. The van der Waals surface area contributed by atoms with Gasteiger partial charge in [-0.05, 0) is 18.1 Å². The molecule has 0 aliphatic carbocycles. The van der Waals surface area contributed by atoms with Crippen molar-refractivity contribution in [1.82, 2.24) is 0 Å². The van der Waals surface area contributed by atoms with E-state index in [1.165, 1.54) is 0 Å². The maximum absolute atomic E-state index is 9.31. The first-order chi connectivity index (χ1) is 5.34. The normalized spacial score (nSPS) is 10.9. The minimum absolute atomic E-state index is 0.396. The number of benzene rings is 1. The molecule has 1 nitrogen and oxygen atoms in total. The van der Waals surface area contributed by atoms with Gasteiger partial charge in [-0.3, -0.25) is 0 Å². The van der Waals surface area contributed by atoms with Crippen molar-refractivity contribution in [3.63, 3.8) is 0 Å². The van der Waals surface area contributed by atoms with Crippen molar-refractivity contribution < 1.29 is 5.11 Å². The lowest BCUT2D eigenvalue weighted by Crippen LogP contribution is -1.80. The first-order valence-electron chi connectivity index (χ1n) is 3.72. The molecule has 0 amide bonds. The number of phenolic OH excluding ortho intramolecular Hbond substituents is 1. The van der Waals surface area contributed by atoms with E-state index in [0.29, 0.717) is 5.75 Å². The van der Waals surface area contributed by atoms with Gasteiger partial charge in [0.2, 0.25) is 0 Å². The molecule has 1 aromatic rings. The summed E-state index contributed by atoms with van der Waals surface area (Å²) in [6.45, 7) is 0. The van der Waals surface area contributed by atoms with Crippen LogP contribution in [0.25, 0.3) is 0 Å². The lowest BCUT2D eigenvalue weighted by Gasteiger charge is -1.98. The van der Waals surface area contributed by atoms with Crippen LogP contribution in [0.15, 0.2) is 36.0 Å². The molecule has 0 radical (unpaired) electrons. The Balaban J connectivity index is 2.77. The number of para-hydroxylation sites is 1. The molecule has 0 fully saturated rings. The van der Waals surface area contributed by atoms with Gasteiger partial charge >= 0.3 is 0 Å². The Labute approximate surface area is 69.8 Å². The Hall–Kier alpha value is -1.02. The van der Waals surface area contributed by atoms with Gasteiger partial charge in [-0.15, -0.1) is 5.70 Å². The van der Waals surface area contributed by atoms with Crippen molar-refractivity contribution in [2.75, 3.05) is 0 Å². The summed E-state index contributed by atoms with van der Waals surface area (Å²) in [7, 11) is 1.09. The van der Waals surface area contributed by atoms with Crippen molar-refractivity contribution >= 4 is 10.2 Å². The third-order valence-electron chi connectivity index (χ3n) is 1.57. The van der Waals surface area contributed by atoms with Crippen molar-refractivity contribution in [2.45, 2.75) is 6.42 Å². The molecule has 0 saturated carbocycles. The first kappa shape index (κ1) is 8.08. The summed E-state index contributed by atoms with van der Waals surface area (Å²) in [5, 5.41) is 9.31. The van der Waals surface area contributed by atoms with Crippen LogP contribution < -0.4 is 0 Å². The molecule has 2 heteroatoms. The summed E-state index contributed by atoms with van der Waals surface area (Å²) < 4.78 is 0. The Morgan fingerprint density at radius 2 is 2.09 bits per heavy atom. The lowest BCUT2D eigenvalue weighted by molar-refractivity contribution is 0.470. The van der Waals surface area contributed by atoms with Gasteiger partial charge in [0.05, 0.1) is 0 Å². The predicted molar refractivity (Wildman–Crippen MR) is 50.9 cm³/mol. The van der Waals surface area contributed by atoms with Crippen LogP contribution in [0.2, 0.25) is 0 Å². The van der Waals surface area contributed by atoms with Gasteiger partial charge in [0.1, 0.15) is 5.75 Å². The average molecular weight is 164 g/mol. The highest BCUT2D eigenvalue weighted by atomic mass is 28.1. The highest BCUT2D eigenvalue weighted by Gasteiger charge is 1.94. The fourth-order valence-electron chi connectivity index (χ4n) is 0.928. The fourth-order valence-corrected chi connectivity index (χ4v) is 1.16. The smallest absolute Gasteiger partial charge is 0.119 e. The molecule has 0 atom stereocenters. The second kappa shape index (κ2) is 3.98. The van der Waals surface area contributed by atoms with E-state index >= 15 is 0 Å². The van der Waals surface area contributed by atoms with Crippen LogP contribution in [0.3, 0.4) is 0 Å². The van der Waals surface area contributed by atoms with Gasteiger partial charge in [-0.1, -0.05) is 24.3 Å². The summed E-state index contributed by atoms with van der Waals surface area (Å²) in [6.07, 6.45) is 2.93. The van der Waals surface area contributed by atoms with Gasteiger partial charge in [-0.25, -0.2) is 0 Å². The third kappa shape index (κ3) is 2.24. The number of hydrogen-bond acceptors (Lipinski definition) is 1. The molecule has 11 heavy (non-hydrogen) atoms. The van der Waals surface area contributed by atoms with Crippen molar-refractivity contribution in [1.29, 1.82) is 0 Å². The molecule has 1 aromatic carbocycles. The van der Waals surface area contributed by atoms with Crippen LogP contribution in [0.5, 0.6) is 5.75 Å².